The lowest BCUT2D eigenvalue weighted by Gasteiger charge is -2.14. The maximum atomic E-state index is 13.8. The third kappa shape index (κ3) is 5.20. The van der Waals surface area contributed by atoms with Crippen LogP contribution in [0.2, 0.25) is 0 Å². The zero-order chi connectivity index (χ0) is 23.4. The molecule has 0 fully saturated rings. The number of nitrogens with zero attached hydrogens (tertiary/aromatic N) is 3. The predicted molar refractivity (Wildman–Crippen MR) is 133 cm³/mol. The van der Waals surface area contributed by atoms with Gasteiger partial charge in [-0.1, -0.05) is 58.0 Å². The van der Waals surface area contributed by atoms with Gasteiger partial charge in [-0.15, -0.1) is 0 Å². The van der Waals surface area contributed by atoms with Crippen LogP contribution < -0.4 is 11.0 Å². The molecule has 0 aliphatic carbocycles. The largest absolute Gasteiger partial charge is 0.272 e. The van der Waals surface area contributed by atoms with Crippen molar-refractivity contribution in [2.45, 2.75) is 12.1 Å². The Kier molecular flexibility index (Phi) is 7.00. The molecule has 9 heteroatoms. The summed E-state index contributed by atoms with van der Waals surface area (Å²) in [6.45, 7) is 1.91. The van der Waals surface area contributed by atoms with Crippen LogP contribution in [-0.2, 0) is 4.79 Å². The summed E-state index contributed by atoms with van der Waals surface area (Å²) in [7, 11) is 0. The first-order valence-corrected chi connectivity index (χ1v) is 11.7. The van der Waals surface area contributed by atoms with Gasteiger partial charge in [0.05, 0.1) is 28.6 Å². The van der Waals surface area contributed by atoms with Crippen LogP contribution in [0.3, 0.4) is 0 Å². The number of amides is 1. The van der Waals surface area contributed by atoms with E-state index >= 15 is 0 Å². The van der Waals surface area contributed by atoms with E-state index in [-0.39, 0.29) is 16.9 Å². The van der Waals surface area contributed by atoms with Gasteiger partial charge >= 0.3 is 0 Å². The van der Waals surface area contributed by atoms with E-state index in [4.69, 9.17) is 0 Å². The molecule has 166 valence electrons. The number of benzene rings is 3. The molecule has 4 aromatic rings. The van der Waals surface area contributed by atoms with Crippen LogP contribution in [-0.4, -0.2) is 27.4 Å². The van der Waals surface area contributed by atoms with Crippen LogP contribution in [0.5, 0.6) is 0 Å². The van der Waals surface area contributed by atoms with Crippen molar-refractivity contribution < 1.29 is 9.18 Å². The summed E-state index contributed by atoms with van der Waals surface area (Å²) in [5.74, 6) is -0.895. The molecule has 0 aliphatic rings. The second kappa shape index (κ2) is 10.1. The Morgan fingerprint density at radius 2 is 1.94 bits per heavy atom. The molecule has 33 heavy (non-hydrogen) atoms. The molecule has 3 aromatic carbocycles. The number of aryl methyl sites for hydroxylation is 1. The fraction of sp³-hybridized carbons (Fsp3) is 0.0833. The minimum absolute atomic E-state index is 0.0328. The molecule has 1 amide bonds. The van der Waals surface area contributed by atoms with E-state index in [0.29, 0.717) is 26.2 Å². The molecule has 4 rings (SSSR count). The van der Waals surface area contributed by atoms with Gasteiger partial charge in [0.15, 0.2) is 5.16 Å². The lowest BCUT2D eigenvalue weighted by Crippen LogP contribution is -2.24. The molecule has 1 aromatic heterocycles. The molecule has 1 heterocycles. The van der Waals surface area contributed by atoms with Gasteiger partial charge in [-0.3, -0.25) is 14.2 Å². The van der Waals surface area contributed by atoms with Crippen molar-refractivity contribution in [2.24, 2.45) is 5.10 Å². The van der Waals surface area contributed by atoms with Crippen LogP contribution >= 0.6 is 27.7 Å². The van der Waals surface area contributed by atoms with Crippen molar-refractivity contribution in [3.63, 3.8) is 0 Å². The first-order chi connectivity index (χ1) is 15.9. The van der Waals surface area contributed by atoms with Crippen molar-refractivity contribution in [1.82, 2.24) is 15.0 Å². The lowest BCUT2D eigenvalue weighted by molar-refractivity contribution is -0.118. The number of hydrazone groups is 1. The minimum atomic E-state index is -0.451. The fourth-order valence-corrected chi connectivity index (χ4v) is 4.36. The molecule has 0 aliphatic heterocycles. The zero-order valence-electron chi connectivity index (χ0n) is 17.5. The number of halogens is 2. The molecule has 0 spiro atoms. The average molecular weight is 525 g/mol. The predicted octanol–water partition coefficient (Wildman–Crippen LogP) is 4.84. The second-order valence-corrected chi connectivity index (χ2v) is 8.94. The summed E-state index contributed by atoms with van der Waals surface area (Å²) in [5.41, 5.74) is 4.57. The highest BCUT2D eigenvalue weighted by molar-refractivity contribution is 9.10. The number of aromatic nitrogens is 2. The third-order valence-corrected chi connectivity index (χ3v) is 6.22. The number of fused-ring (bicyclic) bond motifs is 1. The summed E-state index contributed by atoms with van der Waals surface area (Å²) in [6.07, 6.45) is 1.24. The number of carbonyl (C=O) groups is 1. The summed E-state index contributed by atoms with van der Waals surface area (Å²) >= 11 is 4.39. The van der Waals surface area contributed by atoms with Crippen molar-refractivity contribution >= 4 is 50.7 Å². The number of thioether (sulfide) groups is 1. The van der Waals surface area contributed by atoms with Crippen LogP contribution in [0.15, 0.2) is 86.3 Å². The zero-order valence-corrected chi connectivity index (χ0v) is 19.9. The Hall–Kier alpha value is -3.30. The Morgan fingerprint density at radius 3 is 2.76 bits per heavy atom. The van der Waals surface area contributed by atoms with E-state index < -0.39 is 11.7 Å². The van der Waals surface area contributed by atoms with Gasteiger partial charge in [-0.05, 0) is 48.9 Å². The highest BCUT2D eigenvalue weighted by Gasteiger charge is 2.15. The molecule has 0 saturated carbocycles. The van der Waals surface area contributed by atoms with E-state index in [1.807, 2.05) is 37.3 Å². The Bertz CT molecular complexity index is 1440. The Balaban J connectivity index is 1.58. The molecule has 0 atom stereocenters. The first-order valence-electron chi connectivity index (χ1n) is 9.91. The number of hydrogen-bond donors (Lipinski definition) is 1. The molecule has 6 nitrogen and oxygen atoms in total. The smallest absolute Gasteiger partial charge is 0.266 e. The van der Waals surface area contributed by atoms with Gasteiger partial charge < -0.3 is 0 Å². The number of para-hydroxylation sites is 2. The molecule has 0 bridgehead atoms. The standard InChI is InChI=1S/C24H18BrFN4O2S/c1-15-6-2-5-9-21(15)30-23(32)18-7-3-4-8-20(18)28-24(30)33-14-22(31)29-27-13-16-12-17(25)10-11-19(16)26/h2-13H,14H2,1H3,(H,29,31)/b27-13+. The number of nitrogens with one attached hydrogen (secondary N) is 1. The van der Waals surface area contributed by atoms with E-state index in [9.17, 15) is 14.0 Å². The number of rotatable bonds is 6. The van der Waals surface area contributed by atoms with Gasteiger partial charge in [-0.25, -0.2) is 14.8 Å². The Morgan fingerprint density at radius 1 is 1.18 bits per heavy atom. The SMILES string of the molecule is Cc1ccccc1-n1c(SCC(=O)N/N=C/c2cc(Br)ccc2F)nc2ccccc2c1=O. The van der Waals surface area contributed by atoms with Gasteiger partial charge in [-0.2, -0.15) is 5.10 Å². The molecule has 1 N–H and O–H groups in total. The van der Waals surface area contributed by atoms with Crippen molar-refractivity contribution in [2.75, 3.05) is 5.75 Å². The Labute approximate surface area is 201 Å². The minimum Gasteiger partial charge on any atom is -0.272 e. The van der Waals surface area contributed by atoms with E-state index in [0.717, 1.165) is 17.3 Å². The second-order valence-electron chi connectivity index (χ2n) is 7.09. The fourth-order valence-electron chi connectivity index (χ4n) is 3.19. The molecule has 0 unspecified atom stereocenters. The van der Waals surface area contributed by atoms with Gasteiger partial charge in [0.2, 0.25) is 0 Å². The summed E-state index contributed by atoms with van der Waals surface area (Å²) in [6, 6.07) is 19.0. The number of hydrogen-bond acceptors (Lipinski definition) is 5. The highest BCUT2D eigenvalue weighted by Crippen LogP contribution is 2.23. The average Bonchev–Trinajstić information content (AvgIpc) is 2.81. The maximum Gasteiger partial charge on any atom is 0.266 e. The molecule has 0 radical (unpaired) electrons. The molecule has 0 saturated heterocycles. The van der Waals surface area contributed by atoms with Gasteiger partial charge in [0.25, 0.3) is 11.5 Å². The van der Waals surface area contributed by atoms with Gasteiger partial charge in [0.1, 0.15) is 5.82 Å². The van der Waals surface area contributed by atoms with Gasteiger partial charge in [0, 0.05) is 10.0 Å². The van der Waals surface area contributed by atoms with E-state index in [1.165, 1.54) is 16.8 Å². The highest BCUT2D eigenvalue weighted by atomic mass is 79.9. The van der Waals surface area contributed by atoms with E-state index in [2.05, 4.69) is 31.4 Å². The quantitative estimate of drug-likeness (QED) is 0.169. The molecular weight excluding hydrogens is 507 g/mol. The van der Waals surface area contributed by atoms with Crippen molar-refractivity contribution in [1.29, 1.82) is 0 Å². The molecular formula is C24H18BrFN4O2S. The number of carbonyl (C=O) groups excluding carboxylic acids is 1. The van der Waals surface area contributed by atoms with Crippen LogP contribution in [0, 0.1) is 12.7 Å². The first kappa shape index (κ1) is 22.9. The normalized spacial score (nSPS) is 11.2. The topological polar surface area (TPSA) is 76.3 Å². The lowest BCUT2D eigenvalue weighted by atomic mass is 10.2. The maximum absolute atomic E-state index is 13.8. The third-order valence-electron chi connectivity index (χ3n) is 4.78. The van der Waals surface area contributed by atoms with E-state index in [1.54, 1.807) is 30.3 Å². The van der Waals surface area contributed by atoms with Crippen molar-refractivity contribution in [3.8, 4) is 5.69 Å². The van der Waals surface area contributed by atoms with Crippen LogP contribution in [0.1, 0.15) is 11.1 Å². The summed E-state index contributed by atoms with van der Waals surface area (Å²) < 4.78 is 16.0. The van der Waals surface area contributed by atoms with Crippen molar-refractivity contribution in [3.05, 3.63) is 98.5 Å². The van der Waals surface area contributed by atoms with Crippen LogP contribution in [0.4, 0.5) is 4.39 Å². The summed E-state index contributed by atoms with van der Waals surface area (Å²) in [4.78, 5) is 30.3. The summed E-state index contributed by atoms with van der Waals surface area (Å²) in [5, 5.41) is 4.72. The monoisotopic (exact) mass is 524 g/mol. The van der Waals surface area contributed by atoms with Crippen LogP contribution in [0.25, 0.3) is 16.6 Å².